The number of likely N-dealkylation sites (N-methyl/N-ethyl adjacent to an activating group) is 1. The second-order valence-electron chi connectivity index (χ2n) is 4.98. The van der Waals surface area contributed by atoms with Gasteiger partial charge in [0.25, 0.3) is 0 Å². The molecule has 1 amide bonds. The molecule has 0 unspecified atom stereocenters. The van der Waals surface area contributed by atoms with E-state index in [0.29, 0.717) is 19.1 Å². The van der Waals surface area contributed by atoms with Crippen LogP contribution in [0, 0.1) is 0 Å². The predicted molar refractivity (Wildman–Crippen MR) is 79.7 cm³/mol. The molecule has 1 atom stereocenters. The van der Waals surface area contributed by atoms with Crippen molar-refractivity contribution in [2.75, 3.05) is 33.2 Å². The van der Waals surface area contributed by atoms with Crippen LogP contribution in [0.25, 0.3) is 0 Å². The van der Waals surface area contributed by atoms with Gasteiger partial charge in [-0.3, -0.25) is 9.69 Å². The fourth-order valence-electron chi connectivity index (χ4n) is 2.17. The molecule has 0 saturated carbocycles. The summed E-state index contributed by atoms with van der Waals surface area (Å²) >= 11 is 7.43. The average molecular weight is 302 g/mol. The van der Waals surface area contributed by atoms with Gasteiger partial charge < -0.3 is 10.2 Å². The summed E-state index contributed by atoms with van der Waals surface area (Å²) in [7, 11) is 1.85. The van der Waals surface area contributed by atoms with Crippen LogP contribution in [0.15, 0.2) is 12.1 Å². The van der Waals surface area contributed by atoms with Gasteiger partial charge >= 0.3 is 0 Å². The van der Waals surface area contributed by atoms with Crippen molar-refractivity contribution >= 4 is 28.8 Å². The lowest BCUT2D eigenvalue weighted by molar-refractivity contribution is -0.132. The van der Waals surface area contributed by atoms with Crippen LogP contribution in [0.2, 0.25) is 4.34 Å². The lowest BCUT2D eigenvalue weighted by Crippen LogP contribution is -2.52. The number of hydrogen-bond donors (Lipinski definition) is 1. The molecule has 19 heavy (non-hydrogen) atoms. The molecule has 1 aromatic heterocycles. The van der Waals surface area contributed by atoms with Crippen molar-refractivity contribution in [1.29, 1.82) is 0 Å². The molecule has 2 rings (SSSR count). The van der Waals surface area contributed by atoms with Gasteiger partial charge in [-0.25, -0.2) is 0 Å². The first-order valence-corrected chi connectivity index (χ1v) is 7.68. The molecule has 2 heterocycles. The van der Waals surface area contributed by atoms with E-state index in [2.05, 4.69) is 17.1 Å². The Balaban J connectivity index is 1.85. The standard InChI is InChI=1S/C13H20ClN3OS/c1-10-7-15-5-6-17(10)9-13(18)16(2)8-11-3-4-12(14)19-11/h3-4,10,15H,5-9H2,1-2H3/t10-/m0/s1. The molecule has 0 aromatic carbocycles. The normalized spacial score (nSPS) is 20.5. The number of rotatable bonds is 4. The minimum Gasteiger partial charge on any atom is -0.340 e. The van der Waals surface area contributed by atoms with Crippen LogP contribution in [0.1, 0.15) is 11.8 Å². The van der Waals surface area contributed by atoms with E-state index in [4.69, 9.17) is 11.6 Å². The van der Waals surface area contributed by atoms with Crippen LogP contribution in [0.3, 0.4) is 0 Å². The van der Waals surface area contributed by atoms with E-state index < -0.39 is 0 Å². The van der Waals surface area contributed by atoms with E-state index >= 15 is 0 Å². The van der Waals surface area contributed by atoms with Crippen LogP contribution >= 0.6 is 22.9 Å². The van der Waals surface area contributed by atoms with Crippen molar-refractivity contribution in [3.63, 3.8) is 0 Å². The summed E-state index contributed by atoms with van der Waals surface area (Å²) in [5, 5.41) is 3.33. The van der Waals surface area contributed by atoms with Gasteiger partial charge in [-0.2, -0.15) is 0 Å². The van der Waals surface area contributed by atoms with Crippen molar-refractivity contribution in [3.05, 3.63) is 21.3 Å². The molecule has 6 heteroatoms. The number of halogens is 1. The number of carbonyl (C=O) groups excluding carboxylic acids is 1. The second-order valence-corrected chi connectivity index (χ2v) is 6.78. The van der Waals surface area contributed by atoms with E-state index in [-0.39, 0.29) is 5.91 Å². The smallest absolute Gasteiger partial charge is 0.236 e. The van der Waals surface area contributed by atoms with Crippen molar-refractivity contribution in [2.24, 2.45) is 0 Å². The molecule has 0 radical (unpaired) electrons. The highest BCUT2D eigenvalue weighted by Gasteiger charge is 2.21. The van der Waals surface area contributed by atoms with E-state index in [1.807, 2.05) is 19.2 Å². The van der Waals surface area contributed by atoms with Crippen LogP contribution in [-0.2, 0) is 11.3 Å². The summed E-state index contributed by atoms with van der Waals surface area (Å²) in [6.45, 7) is 6.14. The van der Waals surface area contributed by atoms with E-state index in [0.717, 1.165) is 28.8 Å². The van der Waals surface area contributed by atoms with E-state index in [9.17, 15) is 4.79 Å². The Morgan fingerprint density at radius 3 is 3.05 bits per heavy atom. The van der Waals surface area contributed by atoms with E-state index in [1.165, 1.54) is 11.3 Å². The molecule has 0 bridgehead atoms. The summed E-state index contributed by atoms with van der Waals surface area (Å²) in [6.07, 6.45) is 0. The number of thiophene rings is 1. The topological polar surface area (TPSA) is 35.6 Å². The Morgan fingerprint density at radius 1 is 1.63 bits per heavy atom. The Morgan fingerprint density at radius 2 is 2.42 bits per heavy atom. The Kier molecular flexibility index (Phi) is 5.21. The maximum absolute atomic E-state index is 12.2. The molecule has 1 aromatic rings. The Labute approximate surface area is 123 Å². The molecule has 1 aliphatic heterocycles. The summed E-state index contributed by atoms with van der Waals surface area (Å²) in [4.78, 5) is 17.3. The first kappa shape index (κ1) is 14.8. The molecule has 1 saturated heterocycles. The van der Waals surface area contributed by atoms with Gasteiger partial charge in [0.1, 0.15) is 0 Å². The Bertz CT molecular complexity index is 437. The quantitative estimate of drug-likeness (QED) is 0.918. The van der Waals surface area contributed by atoms with Crippen LogP contribution < -0.4 is 5.32 Å². The second kappa shape index (κ2) is 6.70. The van der Waals surface area contributed by atoms with E-state index in [1.54, 1.807) is 4.90 Å². The lowest BCUT2D eigenvalue weighted by atomic mass is 10.2. The van der Waals surface area contributed by atoms with Crippen LogP contribution in [-0.4, -0.2) is 55.0 Å². The summed E-state index contributed by atoms with van der Waals surface area (Å²) in [5.74, 6) is 0.165. The zero-order valence-corrected chi connectivity index (χ0v) is 12.9. The number of hydrogen-bond acceptors (Lipinski definition) is 4. The number of carbonyl (C=O) groups is 1. The zero-order chi connectivity index (χ0) is 13.8. The van der Waals surface area contributed by atoms with Gasteiger partial charge in [-0.15, -0.1) is 11.3 Å². The zero-order valence-electron chi connectivity index (χ0n) is 11.4. The highest BCUT2D eigenvalue weighted by Crippen LogP contribution is 2.22. The highest BCUT2D eigenvalue weighted by molar-refractivity contribution is 7.16. The molecule has 0 aliphatic carbocycles. The number of piperazine rings is 1. The molecular formula is C13H20ClN3OS. The van der Waals surface area contributed by atoms with Gasteiger partial charge in [-0.05, 0) is 19.1 Å². The average Bonchev–Trinajstić information content (AvgIpc) is 2.77. The van der Waals surface area contributed by atoms with Gasteiger partial charge in [0.2, 0.25) is 5.91 Å². The number of amides is 1. The Hall–Kier alpha value is -0.620. The fraction of sp³-hybridized carbons (Fsp3) is 0.615. The van der Waals surface area contributed by atoms with Crippen molar-refractivity contribution in [2.45, 2.75) is 19.5 Å². The lowest BCUT2D eigenvalue weighted by Gasteiger charge is -2.34. The molecule has 1 N–H and O–H groups in total. The first-order valence-electron chi connectivity index (χ1n) is 6.49. The summed E-state index contributed by atoms with van der Waals surface area (Å²) in [5.41, 5.74) is 0. The van der Waals surface area contributed by atoms with Gasteiger partial charge in [-0.1, -0.05) is 11.6 Å². The summed E-state index contributed by atoms with van der Waals surface area (Å²) < 4.78 is 0.770. The molecule has 0 spiro atoms. The van der Waals surface area contributed by atoms with Gasteiger partial charge in [0.05, 0.1) is 17.4 Å². The minimum atomic E-state index is 0.165. The van der Waals surface area contributed by atoms with Crippen molar-refractivity contribution in [3.8, 4) is 0 Å². The maximum Gasteiger partial charge on any atom is 0.236 e. The maximum atomic E-state index is 12.2. The molecule has 1 fully saturated rings. The third-order valence-corrected chi connectivity index (χ3v) is 4.64. The first-order chi connectivity index (χ1) is 9.06. The van der Waals surface area contributed by atoms with Crippen molar-refractivity contribution < 1.29 is 4.79 Å². The third-order valence-electron chi connectivity index (χ3n) is 3.42. The number of nitrogens with one attached hydrogen (secondary N) is 1. The van der Waals surface area contributed by atoms with Gasteiger partial charge in [0.15, 0.2) is 0 Å². The largest absolute Gasteiger partial charge is 0.340 e. The SMILES string of the molecule is C[C@H]1CNCCN1CC(=O)N(C)Cc1ccc(Cl)s1. The molecule has 4 nitrogen and oxygen atoms in total. The third kappa shape index (κ3) is 4.18. The van der Waals surface area contributed by atoms with Crippen LogP contribution in [0.5, 0.6) is 0 Å². The van der Waals surface area contributed by atoms with Gasteiger partial charge in [0, 0.05) is 37.6 Å². The summed E-state index contributed by atoms with van der Waals surface area (Å²) in [6, 6.07) is 4.27. The highest BCUT2D eigenvalue weighted by atomic mass is 35.5. The van der Waals surface area contributed by atoms with Crippen molar-refractivity contribution in [1.82, 2.24) is 15.1 Å². The fourth-order valence-corrected chi connectivity index (χ4v) is 3.31. The number of nitrogens with zero attached hydrogens (tertiary/aromatic N) is 2. The molecule has 1 aliphatic rings. The predicted octanol–water partition coefficient (Wildman–Crippen LogP) is 1.65. The van der Waals surface area contributed by atoms with Crippen LogP contribution in [0.4, 0.5) is 0 Å². The molecular weight excluding hydrogens is 282 g/mol. The molecule has 106 valence electrons. The monoisotopic (exact) mass is 301 g/mol. The minimum absolute atomic E-state index is 0.165.